The Morgan fingerprint density at radius 3 is 2.82 bits per heavy atom. The first kappa shape index (κ1) is 10.8. The Labute approximate surface area is 102 Å². The van der Waals surface area contributed by atoms with Crippen LogP contribution in [-0.2, 0) is 0 Å². The lowest BCUT2D eigenvalue weighted by Gasteiger charge is -2.30. The summed E-state index contributed by atoms with van der Waals surface area (Å²) in [6, 6.07) is 5.99. The van der Waals surface area contributed by atoms with Crippen molar-refractivity contribution in [1.29, 1.82) is 0 Å². The predicted octanol–water partition coefficient (Wildman–Crippen LogP) is 1.79. The van der Waals surface area contributed by atoms with Gasteiger partial charge in [0.05, 0.1) is 7.11 Å². The average Bonchev–Trinajstić information content (AvgIpc) is 2.69. The fraction of sp³-hybridized carbons (Fsp3) is 0.615. The molecule has 2 aliphatic rings. The summed E-state index contributed by atoms with van der Waals surface area (Å²) in [6.07, 6.45) is 6.91. The SMILES string of the molecule is COc1cc(NC2CC3CCC(C2)N3)ccn1. The molecule has 3 rings (SSSR count). The van der Waals surface area contributed by atoms with Crippen LogP contribution in [0.2, 0.25) is 0 Å². The van der Waals surface area contributed by atoms with Gasteiger partial charge in [0.25, 0.3) is 0 Å². The molecular weight excluding hydrogens is 214 g/mol. The summed E-state index contributed by atoms with van der Waals surface area (Å²) in [6.45, 7) is 0. The van der Waals surface area contributed by atoms with Crippen molar-refractivity contribution in [1.82, 2.24) is 10.3 Å². The maximum atomic E-state index is 5.14. The lowest BCUT2D eigenvalue weighted by molar-refractivity contribution is 0.377. The molecule has 2 bridgehead atoms. The quantitative estimate of drug-likeness (QED) is 0.835. The second kappa shape index (κ2) is 4.53. The molecule has 2 saturated heterocycles. The highest BCUT2D eigenvalue weighted by molar-refractivity contribution is 5.46. The van der Waals surface area contributed by atoms with Crippen LogP contribution >= 0.6 is 0 Å². The van der Waals surface area contributed by atoms with Crippen molar-refractivity contribution in [2.24, 2.45) is 0 Å². The molecule has 3 heterocycles. The van der Waals surface area contributed by atoms with E-state index in [2.05, 4.69) is 15.6 Å². The first-order valence-corrected chi connectivity index (χ1v) is 6.36. The summed E-state index contributed by atoms with van der Waals surface area (Å²) in [5.41, 5.74) is 1.11. The highest BCUT2D eigenvalue weighted by Crippen LogP contribution is 2.29. The summed E-state index contributed by atoms with van der Waals surface area (Å²) in [5, 5.41) is 7.25. The second-order valence-corrected chi connectivity index (χ2v) is 5.04. The van der Waals surface area contributed by atoms with Gasteiger partial charge >= 0.3 is 0 Å². The Balaban J connectivity index is 1.66. The molecule has 0 spiro atoms. The fourth-order valence-corrected chi connectivity index (χ4v) is 3.02. The normalized spacial score (nSPS) is 31.2. The zero-order valence-electron chi connectivity index (χ0n) is 10.1. The van der Waals surface area contributed by atoms with Gasteiger partial charge in [-0.1, -0.05) is 0 Å². The van der Waals surface area contributed by atoms with Crippen LogP contribution < -0.4 is 15.4 Å². The van der Waals surface area contributed by atoms with E-state index in [0.717, 1.165) is 17.8 Å². The Bertz CT molecular complexity index is 384. The molecule has 4 nitrogen and oxygen atoms in total. The number of nitrogens with one attached hydrogen (secondary N) is 2. The van der Waals surface area contributed by atoms with Gasteiger partial charge < -0.3 is 15.4 Å². The van der Waals surface area contributed by atoms with Crippen LogP contribution in [0.25, 0.3) is 0 Å². The van der Waals surface area contributed by atoms with Crippen LogP contribution in [0.15, 0.2) is 18.3 Å². The molecule has 2 atom stereocenters. The Hall–Kier alpha value is -1.29. The number of piperidine rings is 1. The Morgan fingerprint density at radius 1 is 1.35 bits per heavy atom. The third kappa shape index (κ3) is 2.36. The van der Waals surface area contributed by atoms with Gasteiger partial charge in [-0.25, -0.2) is 4.98 Å². The van der Waals surface area contributed by atoms with Gasteiger partial charge in [0.1, 0.15) is 0 Å². The van der Waals surface area contributed by atoms with E-state index < -0.39 is 0 Å². The molecule has 2 fully saturated rings. The standard InChI is InChI=1S/C13H19N3O/c1-17-13-8-11(4-5-14-13)16-12-6-9-2-3-10(7-12)15-9/h4-5,8-10,12,15H,2-3,6-7H2,1H3,(H,14,16). The third-order valence-electron chi connectivity index (χ3n) is 3.79. The topological polar surface area (TPSA) is 46.2 Å². The van der Waals surface area contributed by atoms with Gasteiger partial charge in [0.2, 0.25) is 5.88 Å². The molecule has 2 unspecified atom stereocenters. The van der Waals surface area contributed by atoms with E-state index in [9.17, 15) is 0 Å². The number of methoxy groups -OCH3 is 1. The van der Waals surface area contributed by atoms with E-state index in [1.165, 1.54) is 25.7 Å². The first-order valence-electron chi connectivity index (χ1n) is 6.36. The first-order chi connectivity index (χ1) is 8.33. The Morgan fingerprint density at radius 2 is 2.12 bits per heavy atom. The Kier molecular flexibility index (Phi) is 2.89. The number of nitrogens with zero attached hydrogens (tertiary/aromatic N) is 1. The maximum Gasteiger partial charge on any atom is 0.214 e. The van der Waals surface area contributed by atoms with Crippen molar-refractivity contribution >= 4 is 5.69 Å². The summed E-state index contributed by atoms with van der Waals surface area (Å²) < 4.78 is 5.14. The van der Waals surface area contributed by atoms with Crippen LogP contribution in [0.3, 0.4) is 0 Å². The van der Waals surface area contributed by atoms with Crippen molar-refractivity contribution in [2.75, 3.05) is 12.4 Å². The maximum absolute atomic E-state index is 5.14. The van der Waals surface area contributed by atoms with E-state index >= 15 is 0 Å². The molecule has 0 amide bonds. The number of ether oxygens (including phenoxy) is 1. The number of hydrogen-bond acceptors (Lipinski definition) is 4. The number of rotatable bonds is 3. The van der Waals surface area contributed by atoms with Crippen LogP contribution in [0.1, 0.15) is 25.7 Å². The van der Waals surface area contributed by atoms with Crippen LogP contribution in [-0.4, -0.2) is 30.2 Å². The molecule has 2 aliphatic heterocycles. The van der Waals surface area contributed by atoms with Gasteiger partial charge in [-0.05, 0) is 31.7 Å². The largest absolute Gasteiger partial charge is 0.481 e. The number of hydrogen-bond donors (Lipinski definition) is 2. The summed E-state index contributed by atoms with van der Waals surface area (Å²) in [7, 11) is 1.65. The molecule has 0 radical (unpaired) electrons. The molecule has 92 valence electrons. The molecule has 0 saturated carbocycles. The summed E-state index contributed by atoms with van der Waals surface area (Å²) in [4.78, 5) is 4.12. The van der Waals surface area contributed by atoms with Gasteiger partial charge in [-0.3, -0.25) is 0 Å². The number of anilines is 1. The summed E-state index contributed by atoms with van der Waals surface area (Å²) >= 11 is 0. The molecule has 2 N–H and O–H groups in total. The summed E-state index contributed by atoms with van der Waals surface area (Å²) in [5.74, 6) is 0.673. The van der Waals surface area contributed by atoms with Gasteiger partial charge in [0.15, 0.2) is 0 Å². The molecule has 0 aromatic carbocycles. The van der Waals surface area contributed by atoms with Gasteiger partial charge in [-0.15, -0.1) is 0 Å². The van der Waals surface area contributed by atoms with Crippen molar-refractivity contribution in [3.63, 3.8) is 0 Å². The third-order valence-corrected chi connectivity index (χ3v) is 3.79. The number of fused-ring (bicyclic) bond motifs is 2. The van der Waals surface area contributed by atoms with Crippen LogP contribution in [0.5, 0.6) is 5.88 Å². The van der Waals surface area contributed by atoms with Crippen molar-refractivity contribution < 1.29 is 4.74 Å². The number of aromatic nitrogens is 1. The number of pyridine rings is 1. The molecule has 4 heteroatoms. The van der Waals surface area contributed by atoms with Crippen molar-refractivity contribution in [2.45, 2.75) is 43.8 Å². The lowest BCUT2D eigenvalue weighted by atomic mass is 9.99. The second-order valence-electron chi connectivity index (χ2n) is 5.04. The monoisotopic (exact) mass is 233 g/mol. The van der Waals surface area contributed by atoms with Gasteiger partial charge in [-0.2, -0.15) is 0 Å². The van der Waals surface area contributed by atoms with Crippen LogP contribution in [0.4, 0.5) is 5.69 Å². The van der Waals surface area contributed by atoms with E-state index in [-0.39, 0.29) is 0 Å². The zero-order chi connectivity index (χ0) is 11.7. The minimum absolute atomic E-state index is 0.584. The van der Waals surface area contributed by atoms with E-state index in [4.69, 9.17) is 4.74 Å². The zero-order valence-corrected chi connectivity index (χ0v) is 10.1. The minimum Gasteiger partial charge on any atom is -0.481 e. The molecule has 0 aliphatic carbocycles. The molecule has 17 heavy (non-hydrogen) atoms. The average molecular weight is 233 g/mol. The molecule has 1 aromatic rings. The highest BCUT2D eigenvalue weighted by atomic mass is 16.5. The predicted molar refractivity (Wildman–Crippen MR) is 67.4 cm³/mol. The van der Waals surface area contributed by atoms with E-state index in [1.807, 2.05) is 12.1 Å². The van der Waals surface area contributed by atoms with Gasteiger partial charge in [0, 0.05) is 36.1 Å². The van der Waals surface area contributed by atoms with Crippen LogP contribution in [0, 0.1) is 0 Å². The molecule has 1 aromatic heterocycles. The minimum atomic E-state index is 0.584. The molecular formula is C13H19N3O. The lowest BCUT2D eigenvalue weighted by Crippen LogP contribution is -2.43. The van der Waals surface area contributed by atoms with Crippen molar-refractivity contribution in [3.05, 3.63) is 18.3 Å². The van der Waals surface area contributed by atoms with E-state index in [1.54, 1.807) is 13.3 Å². The van der Waals surface area contributed by atoms with Crippen molar-refractivity contribution in [3.8, 4) is 5.88 Å². The van der Waals surface area contributed by atoms with E-state index in [0.29, 0.717) is 11.9 Å². The fourth-order valence-electron chi connectivity index (χ4n) is 3.02. The highest BCUT2D eigenvalue weighted by Gasteiger charge is 2.33. The smallest absolute Gasteiger partial charge is 0.214 e.